The van der Waals surface area contributed by atoms with Gasteiger partial charge in [0, 0.05) is 34.6 Å². The number of rotatable bonds is 5. The third kappa shape index (κ3) is 5.06. The standard InChI is InChI=1S/C48H44N2/c1-29-22-30(2)24-39(23-29)48-42(37-16-20-46(49-27-37)35-14-18-40-31-6-10-33(11-7-31)44(40)25-35)4-3-5-43(48)38-17-21-47(50-28-38)36-15-19-41-32-8-12-34(13-9-32)45(41)26-36/h3-5,14-28,31-34H,6-13H2,1-2H3. The average Bonchev–Trinajstić information content (AvgIpc) is 3.18. The molecule has 0 N–H and O–H groups in total. The lowest BCUT2D eigenvalue weighted by atomic mass is 9.67. The van der Waals surface area contributed by atoms with Crippen LogP contribution >= 0.6 is 0 Å². The molecule has 12 rings (SSSR count). The third-order valence-corrected chi connectivity index (χ3v) is 12.7. The van der Waals surface area contributed by atoms with Gasteiger partial charge in [0.1, 0.15) is 0 Å². The van der Waals surface area contributed by atoms with E-state index in [0.717, 1.165) is 46.2 Å². The summed E-state index contributed by atoms with van der Waals surface area (Å²) < 4.78 is 0. The molecule has 0 saturated heterocycles. The number of aromatic nitrogens is 2. The van der Waals surface area contributed by atoms with Gasteiger partial charge in [-0.25, -0.2) is 0 Å². The fraction of sp³-hybridized carbons (Fsp3) is 0.292. The molecule has 2 heterocycles. The maximum Gasteiger partial charge on any atom is 0.0702 e. The SMILES string of the molecule is Cc1cc(C)cc(-c2c(-c3ccc(-c4ccc5c(c4)C4CCC5CC4)nc3)cccc2-c2ccc(-c3ccc4c(c3)C3CCC4CC3)nc2)c1. The van der Waals surface area contributed by atoms with Crippen LogP contribution in [-0.4, -0.2) is 9.97 Å². The molecule has 0 spiro atoms. The molecule has 6 aliphatic carbocycles. The molecule has 0 atom stereocenters. The van der Waals surface area contributed by atoms with Crippen molar-refractivity contribution in [1.29, 1.82) is 0 Å². The molecule has 6 aromatic rings. The molecule has 2 fully saturated rings. The molecule has 6 aliphatic rings. The number of aryl methyl sites for hydroxylation is 2. The Bertz CT molecular complexity index is 2090. The van der Waals surface area contributed by atoms with Gasteiger partial charge in [0.25, 0.3) is 0 Å². The van der Waals surface area contributed by atoms with Crippen molar-refractivity contribution in [3.8, 4) is 55.9 Å². The molecular formula is C48H44N2. The molecule has 0 radical (unpaired) electrons. The molecule has 2 heteroatoms. The number of fused-ring (bicyclic) bond motifs is 4. The number of pyridine rings is 2. The van der Waals surface area contributed by atoms with Gasteiger partial charge in [-0.3, -0.25) is 9.97 Å². The van der Waals surface area contributed by atoms with Crippen molar-refractivity contribution in [2.75, 3.05) is 0 Å². The molecule has 2 saturated carbocycles. The van der Waals surface area contributed by atoms with Crippen LogP contribution in [0.2, 0.25) is 0 Å². The Balaban J connectivity index is 1.03. The first-order valence-corrected chi connectivity index (χ1v) is 19.0. The van der Waals surface area contributed by atoms with E-state index in [4.69, 9.17) is 9.97 Å². The van der Waals surface area contributed by atoms with E-state index in [1.807, 2.05) is 0 Å². The van der Waals surface area contributed by atoms with Gasteiger partial charge in [-0.15, -0.1) is 0 Å². The van der Waals surface area contributed by atoms with Crippen LogP contribution in [0.4, 0.5) is 0 Å². The number of hydrogen-bond donors (Lipinski definition) is 0. The average molecular weight is 649 g/mol. The highest BCUT2D eigenvalue weighted by molar-refractivity contribution is 5.95. The van der Waals surface area contributed by atoms with E-state index in [2.05, 4.69) is 123 Å². The Labute approximate surface area is 296 Å². The second-order valence-electron chi connectivity index (χ2n) is 15.8. The summed E-state index contributed by atoms with van der Waals surface area (Å²) in [5, 5.41) is 0. The maximum absolute atomic E-state index is 5.09. The van der Waals surface area contributed by atoms with E-state index in [1.54, 1.807) is 22.3 Å². The molecule has 50 heavy (non-hydrogen) atoms. The molecule has 2 aromatic heterocycles. The van der Waals surface area contributed by atoms with Gasteiger partial charge in [0.2, 0.25) is 0 Å². The van der Waals surface area contributed by atoms with Crippen molar-refractivity contribution in [3.63, 3.8) is 0 Å². The quantitative estimate of drug-likeness (QED) is 0.186. The van der Waals surface area contributed by atoms with Crippen molar-refractivity contribution in [3.05, 3.63) is 143 Å². The summed E-state index contributed by atoms with van der Waals surface area (Å²) >= 11 is 0. The largest absolute Gasteiger partial charge is 0.256 e. The van der Waals surface area contributed by atoms with E-state index in [-0.39, 0.29) is 0 Å². The summed E-state index contributed by atoms with van der Waals surface area (Å²) in [6, 6.07) is 36.8. The predicted octanol–water partition coefficient (Wildman–Crippen LogP) is 12.9. The molecule has 0 amide bonds. The fourth-order valence-electron chi connectivity index (χ4n) is 10.3. The zero-order chi connectivity index (χ0) is 33.3. The monoisotopic (exact) mass is 648 g/mol. The highest BCUT2D eigenvalue weighted by atomic mass is 14.7. The van der Waals surface area contributed by atoms with Crippen LogP contribution in [0.1, 0.15) is 108 Å². The summed E-state index contributed by atoms with van der Waals surface area (Å²) in [4.78, 5) is 10.2. The first kappa shape index (κ1) is 30.0. The third-order valence-electron chi connectivity index (χ3n) is 12.7. The molecule has 4 aromatic carbocycles. The van der Waals surface area contributed by atoms with E-state index in [9.17, 15) is 0 Å². The minimum Gasteiger partial charge on any atom is -0.256 e. The van der Waals surface area contributed by atoms with Crippen molar-refractivity contribution in [1.82, 2.24) is 9.97 Å². The summed E-state index contributed by atoms with van der Waals surface area (Å²) in [5.41, 5.74) is 20.6. The van der Waals surface area contributed by atoms with Gasteiger partial charge in [-0.2, -0.15) is 0 Å². The Morgan fingerprint density at radius 3 is 1.24 bits per heavy atom. The normalized spacial score (nSPS) is 21.6. The van der Waals surface area contributed by atoms with Crippen LogP contribution in [0.3, 0.4) is 0 Å². The summed E-state index contributed by atoms with van der Waals surface area (Å²) in [6.07, 6.45) is 15.0. The Hall–Kier alpha value is -4.82. The van der Waals surface area contributed by atoms with Gasteiger partial charge in [-0.05, 0) is 158 Å². The lowest BCUT2D eigenvalue weighted by molar-refractivity contribution is 0.359. The van der Waals surface area contributed by atoms with Crippen LogP contribution in [-0.2, 0) is 0 Å². The van der Waals surface area contributed by atoms with Crippen LogP contribution < -0.4 is 0 Å². The van der Waals surface area contributed by atoms with Crippen LogP contribution in [0.5, 0.6) is 0 Å². The number of benzene rings is 4. The second kappa shape index (κ2) is 11.9. The zero-order valence-corrected chi connectivity index (χ0v) is 29.3. The van der Waals surface area contributed by atoms with Crippen LogP contribution in [0, 0.1) is 13.8 Å². The van der Waals surface area contributed by atoms with Gasteiger partial charge in [0.05, 0.1) is 11.4 Å². The van der Waals surface area contributed by atoms with E-state index in [0.29, 0.717) is 0 Å². The highest BCUT2D eigenvalue weighted by Gasteiger charge is 2.34. The van der Waals surface area contributed by atoms with Crippen molar-refractivity contribution < 1.29 is 0 Å². The fourth-order valence-corrected chi connectivity index (χ4v) is 10.3. The molecule has 4 bridgehead atoms. The minimum absolute atomic E-state index is 0.731. The van der Waals surface area contributed by atoms with Gasteiger partial charge in [-0.1, -0.05) is 83.9 Å². The zero-order valence-electron chi connectivity index (χ0n) is 29.3. The van der Waals surface area contributed by atoms with Crippen LogP contribution in [0.25, 0.3) is 55.9 Å². The molecule has 0 aliphatic heterocycles. The Morgan fingerprint density at radius 2 is 0.820 bits per heavy atom. The Morgan fingerprint density at radius 1 is 0.400 bits per heavy atom. The molecule has 2 nitrogen and oxygen atoms in total. The van der Waals surface area contributed by atoms with E-state index < -0.39 is 0 Å². The Kier molecular flexibility index (Phi) is 7.15. The molecule has 0 unspecified atom stereocenters. The lowest BCUT2D eigenvalue weighted by Crippen LogP contribution is -2.21. The van der Waals surface area contributed by atoms with Crippen molar-refractivity contribution >= 4 is 0 Å². The van der Waals surface area contributed by atoms with E-state index >= 15 is 0 Å². The summed E-state index contributed by atoms with van der Waals surface area (Å²) in [5.74, 6) is 2.99. The maximum atomic E-state index is 5.09. The van der Waals surface area contributed by atoms with Gasteiger partial charge < -0.3 is 0 Å². The summed E-state index contributed by atoms with van der Waals surface area (Å²) in [7, 11) is 0. The number of nitrogens with zero attached hydrogens (tertiary/aromatic N) is 2. The topological polar surface area (TPSA) is 25.8 Å². The van der Waals surface area contributed by atoms with Crippen molar-refractivity contribution in [2.45, 2.75) is 88.9 Å². The van der Waals surface area contributed by atoms with Crippen LogP contribution in [0.15, 0.2) is 109 Å². The van der Waals surface area contributed by atoms with Gasteiger partial charge >= 0.3 is 0 Å². The smallest absolute Gasteiger partial charge is 0.0702 e. The highest BCUT2D eigenvalue weighted by Crippen LogP contribution is 2.51. The van der Waals surface area contributed by atoms with Gasteiger partial charge in [0.15, 0.2) is 0 Å². The molecular weight excluding hydrogens is 605 g/mol. The number of hydrogen-bond acceptors (Lipinski definition) is 2. The minimum atomic E-state index is 0.731. The van der Waals surface area contributed by atoms with Crippen molar-refractivity contribution in [2.24, 2.45) is 0 Å². The first-order chi connectivity index (χ1) is 24.6. The first-order valence-electron chi connectivity index (χ1n) is 19.0. The molecule has 246 valence electrons. The second-order valence-corrected chi connectivity index (χ2v) is 15.8. The van der Waals surface area contributed by atoms with E-state index in [1.165, 1.54) is 95.9 Å². The predicted molar refractivity (Wildman–Crippen MR) is 207 cm³/mol. The summed E-state index contributed by atoms with van der Waals surface area (Å²) in [6.45, 7) is 4.39. The lowest BCUT2D eigenvalue weighted by Gasteiger charge is -2.38.